The Morgan fingerprint density at radius 1 is 1.37 bits per heavy atom. The van der Waals surface area contributed by atoms with Crippen molar-refractivity contribution in [3.8, 4) is 0 Å². The summed E-state index contributed by atoms with van der Waals surface area (Å²) in [5.74, 6) is 1.31. The number of sulfonamides is 1. The molecule has 1 saturated heterocycles. The Balaban J connectivity index is 2.13. The summed E-state index contributed by atoms with van der Waals surface area (Å²) >= 11 is 1.65. The number of amides is 1. The van der Waals surface area contributed by atoms with Gasteiger partial charge >= 0.3 is 0 Å². The number of benzene rings is 1. The van der Waals surface area contributed by atoms with Gasteiger partial charge in [0.1, 0.15) is 0 Å². The fourth-order valence-electron chi connectivity index (χ4n) is 1.66. The first-order valence-corrected chi connectivity index (χ1v) is 8.69. The number of para-hydroxylation sites is 2. The van der Waals surface area contributed by atoms with Crippen LogP contribution in [0.1, 0.15) is 0 Å². The Labute approximate surface area is 116 Å². The van der Waals surface area contributed by atoms with E-state index in [9.17, 15) is 13.2 Å². The van der Waals surface area contributed by atoms with Gasteiger partial charge in [-0.25, -0.2) is 8.42 Å². The van der Waals surface area contributed by atoms with E-state index in [0.29, 0.717) is 17.1 Å². The molecule has 1 aliphatic heterocycles. The first-order valence-electron chi connectivity index (χ1n) is 5.64. The fraction of sp³-hybridized carbons (Fsp3) is 0.364. The van der Waals surface area contributed by atoms with E-state index in [1.165, 1.54) is 0 Å². The molecule has 0 bridgehead atoms. The number of carbonyl (C=O) groups excluding carboxylic acids is 1. The number of hydrogen-bond acceptors (Lipinski definition) is 5. The summed E-state index contributed by atoms with van der Waals surface area (Å²) in [7, 11) is -3.38. The van der Waals surface area contributed by atoms with Crippen molar-refractivity contribution in [2.75, 3.05) is 27.9 Å². The molecule has 19 heavy (non-hydrogen) atoms. The minimum absolute atomic E-state index is 0.159. The van der Waals surface area contributed by atoms with Crippen LogP contribution in [0, 0.1) is 0 Å². The molecule has 0 saturated carbocycles. The summed E-state index contributed by atoms with van der Waals surface area (Å²) in [6, 6.07) is 6.46. The monoisotopic (exact) mass is 301 g/mol. The average molecular weight is 301 g/mol. The summed E-state index contributed by atoms with van der Waals surface area (Å²) in [5.41, 5.74) is 0.820. The van der Waals surface area contributed by atoms with Crippen molar-refractivity contribution in [3.05, 3.63) is 24.3 Å². The number of thioether (sulfide) groups is 1. The van der Waals surface area contributed by atoms with Gasteiger partial charge in [-0.1, -0.05) is 12.1 Å². The van der Waals surface area contributed by atoms with Crippen molar-refractivity contribution in [2.45, 2.75) is 6.04 Å². The number of hydrogen-bond donors (Lipinski definition) is 3. The van der Waals surface area contributed by atoms with Crippen LogP contribution in [0.25, 0.3) is 0 Å². The molecule has 0 aliphatic carbocycles. The lowest BCUT2D eigenvalue weighted by atomic mass is 10.2. The summed E-state index contributed by atoms with van der Waals surface area (Å²) in [4.78, 5) is 12.0. The first-order chi connectivity index (χ1) is 8.96. The molecule has 1 heterocycles. The van der Waals surface area contributed by atoms with E-state index in [-0.39, 0.29) is 11.9 Å². The van der Waals surface area contributed by atoms with Crippen LogP contribution >= 0.6 is 11.8 Å². The lowest BCUT2D eigenvalue weighted by Crippen LogP contribution is -2.37. The Morgan fingerprint density at radius 3 is 2.63 bits per heavy atom. The fourth-order valence-corrected chi connectivity index (χ4v) is 3.18. The molecule has 3 N–H and O–H groups in total. The first kappa shape index (κ1) is 14.2. The molecule has 0 radical (unpaired) electrons. The highest BCUT2D eigenvalue weighted by molar-refractivity contribution is 7.99. The third-order valence-electron chi connectivity index (χ3n) is 2.51. The van der Waals surface area contributed by atoms with Crippen molar-refractivity contribution < 1.29 is 13.2 Å². The van der Waals surface area contributed by atoms with Gasteiger partial charge in [-0.15, -0.1) is 11.8 Å². The molecular weight excluding hydrogens is 286 g/mol. The second kappa shape index (κ2) is 5.81. The van der Waals surface area contributed by atoms with E-state index >= 15 is 0 Å². The lowest BCUT2D eigenvalue weighted by Gasteiger charge is -2.14. The molecule has 104 valence electrons. The van der Waals surface area contributed by atoms with Crippen LogP contribution in [0.2, 0.25) is 0 Å². The van der Waals surface area contributed by atoms with Gasteiger partial charge in [-0.3, -0.25) is 14.8 Å². The molecule has 6 nitrogen and oxygen atoms in total. The number of nitrogens with one attached hydrogen (secondary N) is 3. The number of rotatable bonds is 4. The number of carbonyl (C=O) groups is 1. The topological polar surface area (TPSA) is 87.3 Å². The molecule has 1 aromatic rings. The van der Waals surface area contributed by atoms with Crippen LogP contribution in [0.4, 0.5) is 11.4 Å². The van der Waals surface area contributed by atoms with E-state index < -0.39 is 10.0 Å². The van der Waals surface area contributed by atoms with Crippen molar-refractivity contribution in [1.82, 2.24) is 5.32 Å². The molecule has 1 unspecified atom stereocenters. The van der Waals surface area contributed by atoms with Crippen LogP contribution in [-0.4, -0.2) is 38.3 Å². The maximum atomic E-state index is 12.0. The standard InChI is InChI=1S/C11H15N3O3S2/c1-19(16,17)14-9-5-3-2-4-8(9)13-11(15)10-6-18-7-12-10/h2-5,10,12,14H,6-7H2,1H3,(H,13,15). The maximum Gasteiger partial charge on any atom is 0.242 e. The normalized spacial score (nSPS) is 19.1. The number of anilines is 2. The third-order valence-corrected chi connectivity index (χ3v) is 4.04. The molecule has 0 spiro atoms. The Bertz CT molecular complexity index is 568. The van der Waals surface area contributed by atoms with Gasteiger partial charge in [-0.05, 0) is 12.1 Å². The van der Waals surface area contributed by atoms with Crippen LogP contribution in [0.15, 0.2) is 24.3 Å². The van der Waals surface area contributed by atoms with Gasteiger partial charge < -0.3 is 5.32 Å². The van der Waals surface area contributed by atoms with E-state index in [1.54, 1.807) is 36.0 Å². The van der Waals surface area contributed by atoms with Gasteiger partial charge in [0.05, 0.1) is 23.7 Å². The second-order valence-corrected chi connectivity index (χ2v) is 6.96. The Hall–Kier alpha value is -1.25. The van der Waals surface area contributed by atoms with Crippen molar-refractivity contribution >= 4 is 39.1 Å². The molecular formula is C11H15N3O3S2. The van der Waals surface area contributed by atoms with Crippen LogP contribution in [0.3, 0.4) is 0 Å². The molecule has 8 heteroatoms. The molecule has 1 fully saturated rings. The van der Waals surface area contributed by atoms with Crippen LogP contribution in [-0.2, 0) is 14.8 Å². The minimum Gasteiger partial charge on any atom is -0.323 e. The second-order valence-electron chi connectivity index (χ2n) is 4.18. The largest absolute Gasteiger partial charge is 0.323 e. The third kappa shape index (κ3) is 4.12. The van der Waals surface area contributed by atoms with Crippen LogP contribution < -0.4 is 15.4 Å². The molecule has 1 aliphatic rings. The molecule has 0 aromatic heterocycles. The average Bonchev–Trinajstić information content (AvgIpc) is 2.83. The lowest BCUT2D eigenvalue weighted by molar-refractivity contribution is -0.117. The Morgan fingerprint density at radius 2 is 2.05 bits per heavy atom. The molecule has 1 amide bonds. The van der Waals surface area contributed by atoms with Crippen molar-refractivity contribution in [1.29, 1.82) is 0 Å². The highest BCUT2D eigenvalue weighted by atomic mass is 32.2. The maximum absolute atomic E-state index is 12.0. The predicted molar refractivity (Wildman–Crippen MR) is 77.8 cm³/mol. The minimum atomic E-state index is -3.38. The zero-order chi connectivity index (χ0) is 13.9. The Kier molecular flexibility index (Phi) is 4.33. The summed E-state index contributed by atoms with van der Waals surface area (Å²) in [6.07, 6.45) is 1.07. The van der Waals surface area contributed by atoms with E-state index in [1.807, 2.05) is 0 Å². The molecule has 2 rings (SSSR count). The van der Waals surface area contributed by atoms with Gasteiger partial charge in [-0.2, -0.15) is 0 Å². The van der Waals surface area contributed by atoms with Gasteiger partial charge in [0, 0.05) is 11.6 Å². The summed E-state index contributed by atoms with van der Waals surface area (Å²) < 4.78 is 24.9. The summed E-state index contributed by atoms with van der Waals surface area (Å²) in [6.45, 7) is 0. The highest BCUT2D eigenvalue weighted by Crippen LogP contribution is 2.22. The van der Waals surface area contributed by atoms with E-state index in [2.05, 4.69) is 15.4 Å². The van der Waals surface area contributed by atoms with Crippen LogP contribution in [0.5, 0.6) is 0 Å². The van der Waals surface area contributed by atoms with Gasteiger partial charge in [0.25, 0.3) is 0 Å². The zero-order valence-electron chi connectivity index (χ0n) is 10.3. The molecule has 1 atom stereocenters. The highest BCUT2D eigenvalue weighted by Gasteiger charge is 2.23. The zero-order valence-corrected chi connectivity index (χ0v) is 12.0. The van der Waals surface area contributed by atoms with E-state index in [0.717, 1.165) is 12.1 Å². The molecule has 1 aromatic carbocycles. The van der Waals surface area contributed by atoms with Gasteiger partial charge in [0.15, 0.2) is 0 Å². The van der Waals surface area contributed by atoms with E-state index in [4.69, 9.17) is 0 Å². The summed E-state index contributed by atoms with van der Waals surface area (Å²) in [5, 5.41) is 5.79. The smallest absolute Gasteiger partial charge is 0.242 e. The SMILES string of the molecule is CS(=O)(=O)Nc1ccccc1NC(=O)C1CSCN1. The predicted octanol–water partition coefficient (Wildman–Crippen LogP) is 0.659. The van der Waals surface area contributed by atoms with Gasteiger partial charge in [0.2, 0.25) is 15.9 Å². The quantitative estimate of drug-likeness (QED) is 0.760. The van der Waals surface area contributed by atoms with Crippen molar-refractivity contribution in [2.24, 2.45) is 0 Å². The van der Waals surface area contributed by atoms with Crippen molar-refractivity contribution in [3.63, 3.8) is 0 Å².